The van der Waals surface area contributed by atoms with Crippen molar-refractivity contribution in [3.05, 3.63) is 28.3 Å². The van der Waals surface area contributed by atoms with Crippen molar-refractivity contribution < 1.29 is 9.66 Å². The number of anilines is 1. The first-order chi connectivity index (χ1) is 8.71. The lowest BCUT2D eigenvalue weighted by atomic mass is 10.0. The van der Waals surface area contributed by atoms with Crippen LogP contribution in [0.15, 0.2) is 18.2 Å². The van der Waals surface area contributed by atoms with Crippen LogP contribution in [0.25, 0.3) is 0 Å². The maximum absolute atomic E-state index is 11.1. The number of nitrogens with one attached hydrogen (secondary N) is 1. The van der Waals surface area contributed by atoms with Crippen LogP contribution in [0.5, 0.6) is 5.75 Å². The second-order valence-corrected chi connectivity index (χ2v) is 6.16. The second-order valence-electron chi connectivity index (χ2n) is 6.16. The van der Waals surface area contributed by atoms with Crippen LogP contribution in [0.1, 0.15) is 27.7 Å². The number of nitro groups is 1. The maximum Gasteiger partial charge on any atom is 0.296 e. The molecule has 0 saturated heterocycles. The summed E-state index contributed by atoms with van der Waals surface area (Å²) < 4.78 is 5.03. The van der Waals surface area contributed by atoms with E-state index >= 15 is 0 Å². The molecule has 5 nitrogen and oxygen atoms in total. The molecule has 1 saturated carbocycles. The third-order valence-corrected chi connectivity index (χ3v) is 4.72. The third-order valence-electron chi connectivity index (χ3n) is 4.72. The number of benzene rings is 1. The molecule has 0 unspecified atom stereocenters. The third kappa shape index (κ3) is 2.03. The first kappa shape index (κ1) is 13.6. The van der Waals surface area contributed by atoms with E-state index in [4.69, 9.17) is 4.74 Å². The number of rotatable bonds is 4. The lowest BCUT2D eigenvalue weighted by molar-refractivity contribution is -0.384. The van der Waals surface area contributed by atoms with Gasteiger partial charge < -0.3 is 10.1 Å². The molecule has 1 aliphatic carbocycles. The van der Waals surface area contributed by atoms with E-state index in [0.717, 1.165) is 0 Å². The standard InChI is InChI=1S/C14H20N2O3/c1-13(2)12(14(13,3)4)15-10-7-6-9(19-5)8-11(10)16(17)18/h6-8,12,15H,1-5H3. The first-order valence-electron chi connectivity index (χ1n) is 6.31. The van der Waals surface area contributed by atoms with Crippen molar-refractivity contribution in [3.8, 4) is 5.75 Å². The molecule has 0 atom stereocenters. The van der Waals surface area contributed by atoms with Crippen LogP contribution in [0.3, 0.4) is 0 Å². The summed E-state index contributed by atoms with van der Waals surface area (Å²) in [6.07, 6.45) is 0. The van der Waals surface area contributed by atoms with Gasteiger partial charge in [0.15, 0.2) is 0 Å². The fourth-order valence-electron chi connectivity index (χ4n) is 2.62. The fraction of sp³-hybridized carbons (Fsp3) is 0.571. The Morgan fingerprint density at radius 2 is 1.84 bits per heavy atom. The quantitative estimate of drug-likeness (QED) is 0.668. The average Bonchev–Trinajstić information content (AvgIpc) is 2.72. The predicted molar refractivity (Wildman–Crippen MR) is 74.6 cm³/mol. The lowest BCUT2D eigenvalue weighted by Crippen LogP contribution is -2.11. The molecule has 1 aromatic rings. The molecular weight excluding hydrogens is 244 g/mol. The van der Waals surface area contributed by atoms with Gasteiger partial charge >= 0.3 is 0 Å². The molecule has 1 aliphatic rings. The van der Waals surface area contributed by atoms with Gasteiger partial charge in [0.2, 0.25) is 0 Å². The van der Waals surface area contributed by atoms with Crippen LogP contribution in [0.2, 0.25) is 0 Å². The topological polar surface area (TPSA) is 64.4 Å². The maximum atomic E-state index is 11.1. The zero-order valence-corrected chi connectivity index (χ0v) is 12.0. The van der Waals surface area contributed by atoms with E-state index < -0.39 is 0 Å². The van der Waals surface area contributed by atoms with Crippen molar-refractivity contribution in [3.63, 3.8) is 0 Å². The number of hydrogen-bond acceptors (Lipinski definition) is 4. The van der Waals surface area contributed by atoms with Gasteiger partial charge in [-0.05, 0) is 23.0 Å². The summed E-state index contributed by atoms with van der Waals surface area (Å²) in [5, 5.41) is 14.4. The molecule has 0 aliphatic heterocycles. The monoisotopic (exact) mass is 264 g/mol. The Kier molecular flexibility index (Phi) is 2.96. The minimum atomic E-state index is -0.382. The van der Waals surface area contributed by atoms with Gasteiger partial charge in [-0.2, -0.15) is 0 Å². The largest absolute Gasteiger partial charge is 0.496 e. The molecule has 1 N–H and O–H groups in total. The summed E-state index contributed by atoms with van der Waals surface area (Å²) in [5.41, 5.74) is 0.856. The molecule has 0 aromatic heterocycles. The summed E-state index contributed by atoms with van der Waals surface area (Å²) in [7, 11) is 1.50. The zero-order valence-electron chi connectivity index (χ0n) is 12.0. The van der Waals surface area contributed by atoms with Crippen molar-refractivity contribution in [1.82, 2.24) is 0 Å². The molecule has 0 heterocycles. The predicted octanol–water partition coefficient (Wildman–Crippen LogP) is 3.45. The number of nitrogens with zero attached hydrogens (tertiary/aromatic N) is 1. The molecule has 1 fully saturated rings. The molecule has 104 valence electrons. The van der Waals surface area contributed by atoms with Gasteiger partial charge in [0, 0.05) is 6.04 Å². The summed E-state index contributed by atoms with van der Waals surface area (Å²) in [6.45, 7) is 8.67. The number of nitro benzene ring substituents is 1. The van der Waals surface area contributed by atoms with Crippen molar-refractivity contribution in [2.75, 3.05) is 12.4 Å². The highest BCUT2D eigenvalue weighted by molar-refractivity contribution is 5.65. The minimum absolute atomic E-state index is 0.0536. The van der Waals surface area contributed by atoms with Crippen LogP contribution in [0, 0.1) is 20.9 Å². The van der Waals surface area contributed by atoms with E-state index in [1.54, 1.807) is 12.1 Å². The lowest BCUT2D eigenvalue weighted by Gasteiger charge is -2.10. The van der Waals surface area contributed by atoms with Crippen molar-refractivity contribution in [2.45, 2.75) is 33.7 Å². The second kappa shape index (κ2) is 4.11. The average molecular weight is 264 g/mol. The number of methoxy groups -OCH3 is 1. The van der Waals surface area contributed by atoms with E-state index in [0.29, 0.717) is 11.4 Å². The van der Waals surface area contributed by atoms with Crippen LogP contribution < -0.4 is 10.1 Å². The molecule has 19 heavy (non-hydrogen) atoms. The Morgan fingerprint density at radius 3 is 2.26 bits per heavy atom. The van der Waals surface area contributed by atoms with E-state index in [1.165, 1.54) is 13.2 Å². The van der Waals surface area contributed by atoms with Gasteiger partial charge in [-0.3, -0.25) is 10.1 Å². The molecule has 0 amide bonds. The Morgan fingerprint density at radius 1 is 1.26 bits per heavy atom. The van der Waals surface area contributed by atoms with E-state index in [1.807, 2.05) is 0 Å². The SMILES string of the molecule is COc1ccc(NC2C(C)(C)C2(C)C)c([N+](=O)[O-])c1. The van der Waals surface area contributed by atoms with Gasteiger partial charge in [-0.15, -0.1) is 0 Å². The molecule has 0 bridgehead atoms. The van der Waals surface area contributed by atoms with E-state index in [9.17, 15) is 10.1 Å². The van der Waals surface area contributed by atoms with Crippen LogP contribution in [-0.4, -0.2) is 18.1 Å². The van der Waals surface area contributed by atoms with Gasteiger partial charge in [0.1, 0.15) is 11.4 Å². The number of hydrogen-bond donors (Lipinski definition) is 1. The van der Waals surface area contributed by atoms with Gasteiger partial charge in [-0.1, -0.05) is 27.7 Å². The van der Waals surface area contributed by atoms with Gasteiger partial charge in [0.05, 0.1) is 18.1 Å². The summed E-state index contributed by atoms with van der Waals surface area (Å²) in [6, 6.07) is 5.12. The van der Waals surface area contributed by atoms with Crippen molar-refractivity contribution in [1.29, 1.82) is 0 Å². The minimum Gasteiger partial charge on any atom is -0.496 e. The van der Waals surface area contributed by atoms with E-state index in [2.05, 4.69) is 33.0 Å². The summed E-state index contributed by atoms with van der Waals surface area (Å²) in [5.74, 6) is 0.492. The highest BCUT2D eigenvalue weighted by Gasteiger charge is 2.65. The van der Waals surface area contributed by atoms with Gasteiger partial charge in [-0.25, -0.2) is 0 Å². The van der Waals surface area contributed by atoms with Crippen LogP contribution in [0.4, 0.5) is 11.4 Å². The molecule has 2 rings (SSSR count). The van der Waals surface area contributed by atoms with Crippen LogP contribution >= 0.6 is 0 Å². The summed E-state index contributed by atoms with van der Waals surface area (Å²) in [4.78, 5) is 10.7. The Hall–Kier alpha value is -1.78. The molecular formula is C14H20N2O3. The number of ether oxygens (including phenoxy) is 1. The highest BCUT2D eigenvalue weighted by atomic mass is 16.6. The normalized spacial score (nSPS) is 19.8. The molecule has 0 spiro atoms. The summed E-state index contributed by atoms with van der Waals surface area (Å²) >= 11 is 0. The van der Waals surface area contributed by atoms with Crippen molar-refractivity contribution in [2.24, 2.45) is 10.8 Å². The fourth-order valence-corrected chi connectivity index (χ4v) is 2.62. The Labute approximate surface area is 113 Å². The zero-order chi connectivity index (χ0) is 14.4. The van der Waals surface area contributed by atoms with Crippen molar-refractivity contribution >= 4 is 11.4 Å². The first-order valence-corrected chi connectivity index (χ1v) is 6.31. The highest BCUT2D eigenvalue weighted by Crippen LogP contribution is 2.64. The molecule has 0 radical (unpaired) electrons. The van der Waals surface area contributed by atoms with Crippen LogP contribution in [-0.2, 0) is 0 Å². The van der Waals surface area contributed by atoms with E-state index in [-0.39, 0.29) is 27.5 Å². The van der Waals surface area contributed by atoms with Gasteiger partial charge in [0.25, 0.3) is 5.69 Å². The Bertz CT molecular complexity index is 509. The Balaban J connectivity index is 2.29. The molecule has 5 heteroatoms. The smallest absolute Gasteiger partial charge is 0.296 e. The molecule has 1 aromatic carbocycles.